The molecule has 1 N–H and O–H groups in total. The van der Waals surface area contributed by atoms with E-state index in [2.05, 4.69) is 15.5 Å². The lowest BCUT2D eigenvalue weighted by molar-refractivity contribution is 0.102. The summed E-state index contributed by atoms with van der Waals surface area (Å²) in [6.45, 7) is 3.93. The highest BCUT2D eigenvalue weighted by Crippen LogP contribution is 2.30. The van der Waals surface area contributed by atoms with Crippen LogP contribution in [0.4, 0.5) is 6.01 Å². The number of rotatable bonds is 3. The summed E-state index contributed by atoms with van der Waals surface area (Å²) in [5.41, 5.74) is 3.20. The minimum absolute atomic E-state index is 0.000699. The van der Waals surface area contributed by atoms with E-state index in [9.17, 15) is 4.79 Å². The van der Waals surface area contributed by atoms with E-state index in [4.69, 9.17) is 27.6 Å². The van der Waals surface area contributed by atoms with Crippen LogP contribution in [0.5, 0.6) is 0 Å². The van der Waals surface area contributed by atoms with Gasteiger partial charge in [0.05, 0.1) is 10.6 Å². The molecule has 1 amide bonds. The van der Waals surface area contributed by atoms with Crippen LogP contribution in [-0.2, 0) is 0 Å². The molecule has 0 saturated heterocycles. The van der Waals surface area contributed by atoms with Crippen molar-refractivity contribution in [2.24, 2.45) is 0 Å². The van der Waals surface area contributed by atoms with Gasteiger partial charge in [0.15, 0.2) is 0 Å². The number of aromatic nitrogens is 2. The van der Waals surface area contributed by atoms with Crippen molar-refractivity contribution in [3.05, 3.63) is 63.1 Å². The van der Waals surface area contributed by atoms with E-state index in [0.717, 1.165) is 11.1 Å². The maximum Gasteiger partial charge on any atom is 0.322 e. The summed E-state index contributed by atoms with van der Waals surface area (Å²) in [6, 6.07) is 10.3. The summed E-state index contributed by atoms with van der Waals surface area (Å²) >= 11 is 12.0. The van der Waals surface area contributed by atoms with Crippen LogP contribution >= 0.6 is 23.2 Å². The van der Waals surface area contributed by atoms with Gasteiger partial charge in [0, 0.05) is 10.6 Å². The number of hydrogen-bond donors (Lipinski definition) is 1. The number of carbonyl (C=O) groups excluding carboxylic acids is 1. The minimum atomic E-state index is -0.324. The van der Waals surface area contributed by atoms with Crippen LogP contribution < -0.4 is 5.32 Å². The Balaban J connectivity index is 1.80. The molecular weight excluding hydrogens is 349 g/mol. The second kappa shape index (κ2) is 6.63. The lowest BCUT2D eigenvalue weighted by Gasteiger charge is -2.04. The molecule has 1 heterocycles. The Morgan fingerprint density at radius 3 is 2.54 bits per heavy atom. The predicted octanol–water partition coefficient (Wildman–Crippen LogP) is 4.91. The molecule has 0 saturated carbocycles. The maximum absolute atomic E-state index is 12.3. The van der Waals surface area contributed by atoms with Gasteiger partial charge in [0.2, 0.25) is 0 Å². The number of hydrogen-bond acceptors (Lipinski definition) is 4. The fraction of sp³-hybridized carbons (Fsp3) is 0.118. The molecule has 3 aromatic rings. The Labute approximate surface area is 148 Å². The highest BCUT2D eigenvalue weighted by atomic mass is 35.5. The Kier molecular flexibility index (Phi) is 4.55. The summed E-state index contributed by atoms with van der Waals surface area (Å²) in [6.07, 6.45) is 0. The number of amides is 1. The van der Waals surface area contributed by atoms with Crippen LogP contribution in [0.25, 0.3) is 11.5 Å². The number of halogens is 2. The van der Waals surface area contributed by atoms with Crippen molar-refractivity contribution in [2.45, 2.75) is 13.8 Å². The van der Waals surface area contributed by atoms with Crippen LogP contribution in [-0.4, -0.2) is 16.1 Å². The molecule has 1 aromatic heterocycles. The van der Waals surface area contributed by atoms with Crippen LogP contribution in [0, 0.1) is 13.8 Å². The van der Waals surface area contributed by atoms with E-state index < -0.39 is 0 Å². The SMILES string of the molecule is Cc1ccc(C(=O)Nc2nnc(-c3ccc(Cl)cc3Cl)o2)cc1C. The van der Waals surface area contributed by atoms with Crippen LogP contribution in [0.1, 0.15) is 21.5 Å². The molecule has 0 spiro atoms. The Morgan fingerprint density at radius 1 is 1.04 bits per heavy atom. The maximum atomic E-state index is 12.3. The number of anilines is 1. The van der Waals surface area contributed by atoms with E-state index in [-0.39, 0.29) is 17.8 Å². The first kappa shape index (κ1) is 16.5. The van der Waals surface area contributed by atoms with Gasteiger partial charge in [0.1, 0.15) is 0 Å². The van der Waals surface area contributed by atoms with Crippen LogP contribution in [0.3, 0.4) is 0 Å². The zero-order chi connectivity index (χ0) is 17.3. The normalized spacial score (nSPS) is 10.7. The highest BCUT2D eigenvalue weighted by molar-refractivity contribution is 6.36. The molecule has 0 bridgehead atoms. The van der Waals surface area contributed by atoms with Gasteiger partial charge in [-0.2, -0.15) is 0 Å². The van der Waals surface area contributed by atoms with Gasteiger partial charge in [-0.1, -0.05) is 34.4 Å². The number of aryl methyl sites for hydroxylation is 2. The van der Waals surface area contributed by atoms with E-state index in [0.29, 0.717) is 21.2 Å². The zero-order valence-electron chi connectivity index (χ0n) is 12.9. The molecule has 122 valence electrons. The summed E-state index contributed by atoms with van der Waals surface area (Å²) in [4.78, 5) is 12.3. The second-order valence-electron chi connectivity index (χ2n) is 5.29. The largest absolute Gasteiger partial charge is 0.403 e. The van der Waals surface area contributed by atoms with Crippen molar-refractivity contribution in [1.29, 1.82) is 0 Å². The molecule has 7 heteroatoms. The lowest BCUT2D eigenvalue weighted by Crippen LogP contribution is -2.12. The second-order valence-corrected chi connectivity index (χ2v) is 6.13. The van der Waals surface area contributed by atoms with Crippen molar-refractivity contribution < 1.29 is 9.21 Å². The molecule has 0 aliphatic heterocycles. The number of carbonyl (C=O) groups is 1. The number of nitrogens with one attached hydrogen (secondary N) is 1. The molecule has 0 aliphatic carbocycles. The van der Waals surface area contributed by atoms with Gasteiger partial charge in [-0.3, -0.25) is 10.1 Å². The zero-order valence-corrected chi connectivity index (χ0v) is 14.4. The van der Waals surface area contributed by atoms with E-state index in [1.54, 1.807) is 30.3 Å². The fourth-order valence-electron chi connectivity index (χ4n) is 2.10. The number of nitrogens with zero attached hydrogens (tertiary/aromatic N) is 2. The molecule has 5 nitrogen and oxygen atoms in total. The summed E-state index contributed by atoms with van der Waals surface area (Å²) in [5, 5.41) is 11.2. The van der Waals surface area contributed by atoms with Gasteiger partial charge in [-0.25, -0.2) is 0 Å². The van der Waals surface area contributed by atoms with E-state index in [1.807, 2.05) is 19.9 Å². The van der Waals surface area contributed by atoms with Crippen molar-refractivity contribution in [3.8, 4) is 11.5 Å². The highest BCUT2D eigenvalue weighted by Gasteiger charge is 2.15. The van der Waals surface area contributed by atoms with Gasteiger partial charge < -0.3 is 4.42 Å². The molecule has 0 radical (unpaired) electrons. The first-order valence-electron chi connectivity index (χ1n) is 7.11. The fourth-order valence-corrected chi connectivity index (χ4v) is 2.59. The topological polar surface area (TPSA) is 68.0 Å². The quantitative estimate of drug-likeness (QED) is 0.719. The van der Waals surface area contributed by atoms with E-state index in [1.165, 1.54) is 0 Å². The molecule has 2 aromatic carbocycles. The van der Waals surface area contributed by atoms with Crippen molar-refractivity contribution in [2.75, 3.05) is 5.32 Å². The van der Waals surface area contributed by atoms with Gasteiger partial charge >= 0.3 is 6.01 Å². The third-order valence-electron chi connectivity index (χ3n) is 3.58. The first-order valence-corrected chi connectivity index (χ1v) is 7.87. The molecule has 24 heavy (non-hydrogen) atoms. The third-order valence-corrected chi connectivity index (χ3v) is 4.12. The van der Waals surface area contributed by atoms with Gasteiger partial charge in [0.25, 0.3) is 11.8 Å². The van der Waals surface area contributed by atoms with Crippen molar-refractivity contribution >= 4 is 35.1 Å². The standard InChI is InChI=1S/C17H13Cl2N3O2/c1-9-3-4-11(7-10(9)2)15(23)20-17-22-21-16(24-17)13-6-5-12(18)8-14(13)19/h3-8H,1-2H3,(H,20,22,23). The lowest BCUT2D eigenvalue weighted by atomic mass is 10.1. The smallest absolute Gasteiger partial charge is 0.322 e. The molecular formula is C17H13Cl2N3O2. The summed E-state index contributed by atoms with van der Waals surface area (Å²) < 4.78 is 5.45. The Morgan fingerprint density at radius 2 is 1.83 bits per heavy atom. The van der Waals surface area contributed by atoms with E-state index >= 15 is 0 Å². The van der Waals surface area contributed by atoms with Crippen molar-refractivity contribution in [3.63, 3.8) is 0 Å². The average Bonchev–Trinajstić information content (AvgIpc) is 2.98. The average molecular weight is 362 g/mol. The summed E-state index contributed by atoms with van der Waals surface area (Å²) in [7, 11) is 0. The van der Waals surface area contributed by atoms with Crippen LogP contribution in [0.15, 0.2) is 40.8 Å². The van der Waals surface area contributed by atoms with Gasteiger partial charge in [-0.15, -0.1) is 5.10 Å². The van der Waals surface area contributed by atoms with Gasteiger partial charge in [-0.05, 0) is 55.3 Å². The molecule has 0 aliphatic rings. The van der Waals surface area contributed by atoms with Crippen LogP contribution in [0.2, 0.25) is 10.0 Å². The number of benzene rings is 2. The van der Waals surface area contributed by atoms with Crippen molar-refractivity contribution in [1.82, 2.24) is 10.2 Å². The minimum Gasteiger partial charge on any atom is -0.403 e. The third kappa shape index (κ3) is 3.42. The first-order chi connectivity index (χ1) is 11.4. The monoisotopic (exact) mass is 361 g/mol. The molecule has 0 fully saturated rings. The summed E-state index contributed by atoms with van der Waals surface area (Å²) in [5.74, 6) is -0.123. The Hall–Kier alpha value is -2.37. The molecule has 3 rings (SSSR count). The Bertz CT molecular complexity index is 922. The predicted molar refractivity (Wildman–Crippen MR) is 93.6 cm³/mol. The molecule has 0 unspecified atom stereocenters. The molecule has 0 atom stereocenters.